The SMILES string of the molecule is CNC(CCCOC)c1coc(C)c1. The first-order valence-electron chi connectivity index (χ1n) is 4.99. The molecule has 0 aliphatic heterocycles. The van der Waals surface area contributed by atoms with Crippen molar-refractivity contribution in [3.8, 4) is 0 Å². The van der Waals surface area contributed by atoms with Gasteiger partial charge in [0.2, 0.25) is 0 Å². The minimum absolute atomic E-state index is 0.377. The predicted octanol–water partition coefficient (Wildman–Crippen LogP) is 2.28. The van der Waals surface area contributed by atoms with E-state index in [9.17, 15) is 0 Å². The van der Waals surface area contributed by atoms with E-state index in [0.717, 1.165) is 25.2 Å². The molecule has 0 bridgehead atoms. The number of nitrogens with one attached hydrogen (secondary N) is 1. The standard InChI is InChI=1S/C11H19NO2/c1-9-7-10(8-14-9)11(12-2)5-4-6-13-3/h7-8,11-12H,4-6H2,1-3H3. The highest BCUT2D eigenvalue weighted by molar-refractivity contribution is 5.16. The highest BCUT2D eigenvalue weighted by Crippen LogP contribution is 2.20. The number of hydrogen-bond donors (Lipinski definition) is 1. The molecule has 0 amide bonds. The van der Waals surface area contributed by atoms with Crippen molar-refractivity contribution in [2.24, 2.45) is 0 Å². The Labute approximate surface area is 85.4 Å². The lowest BCUT2D eigenvalue weighted by molar-refractivity contribution is 0.189. The predicted molar refractivity (Wildman–Crippen MR) is 56.4 cm³/mol. The monoisotopic (exact) mass is 197 g/mol. The zero-order chi connectivity index (χ0) is 10.4. The summed E-state index contributed by atoms with van der Waals surface area (Å²) < 4.78 is 10.3. The van der Waals surface area contributed by atoms with E-state index in [4.69, 9.17) is 9.15 Å². The zero-order valence-corrected chi connectivity index (χ0v) is 9.17. The highest BCUT2D eigenvalue weighted by Gasteiger charge is 2.10. The summed E-state index contributed by atoms with van der Waals surface area (Å²) in [5, 5.41) is 3.28. The van der Waals surface area contributed by atoms with Gasteiger partial charge in [0.05, 0.1) is 6.26 Å². The van der Waals surface area contributed by atoms with Crippen LogP contribution in [0.5, 0.6) is 0 Å². The smallest absolute Gasteiger partial charge is 0.101 e. The Balaban J connectivity index is 2.45. The molecule has 0 radical (unpaired) electrons. The molecule has 0 aliphatic rings. The van der Waals surface area contributed by atoms with Crippen LogP contribution < -0.4 is 5.32 Å². The topological polar surface area (TPSA) is 34.4 Å². The molecule has 1 unspecified atom stereocenters. The number of furan rings is 1. The third kappa shape index (κ3) is 3.16. The van der Waals surface area contributed by atoms with Crippen molar-refractivity contribution in [3.63, 3.8) is 0 Å². The van der Waals surface area contributed by atoms with E-state index in [1.165, 1.54) is 5.56 Å². The fraction of sp³-hybridized carbons (Fsp3) is 0.636. The van der Waals surface area contributed by atoms with Crippen LogP contribution in [0.2, 0.25) is 0 Å². The lowest BCUT2D eigenvalue weighted by Gasteiger charge is -2.13. The van der Waals surface area contributed by atoms with Gasteiger partial charge in [0.15, 0.2) is 0 Å². The van der Waals surface area contributed by atoms with Gasteiger partial charge in [0, 0.05) is 25.3 Å². The second kappa shape index (κ2) is 5.83. The molecule has 1 atom stereocenters. The Hall–Kier alpha value is -0.800. The summed E-state index contributed by atoms with van der Waals surface area (Å²) in [4.78, 5) is 0. The van der Waals surface area contributed by atoms with Gasteiger partial charge in [-0.25, -0.2) is 0 Å². The van der Waals surface area contributed by atoms with Crippen molar-refractivity contribution in [1.82, 2.24) is 5.32 Å². The largest absolute Gasteiger partial charge is 0.469 e. The van der Waals surface area contributed by atoms with Crippen molar-refractivity contribution in [1.29, 1.82) is 0 Å². The molecule has 3 nitrogen and oxygen atoms in total. The molecule has 1 N–H and O–H groups in total. The highest BCUT2D eigenvalue weighted by atomic mass is 16.5. The molecule has 1 heterocycles. The molecule has 0 saturated heterocycles. The van der Waals surface area contributed by atoms with Crippen LogP contribution in [0.4, 0.5) is 0 Å². The first kappa shape index (κ1) is 11.3. The van der Waals surface area contributed by atoms with Crippen molar-refractivity contribution in [2.75, 3.05) is 20.8 Å². The maximum atomic E-state index is 5.28. The molecule has 14 heavy (non-hydrogen) atoms. The summed E-state index contributed by atoms with van der Waals surface area (Å²) in [6.45, 7) is 2.78. The van der Waals surface area contributed by atoms with Crippen LogP contribution in [-0.2, 0) is 4.74 Å². The van der Waals surface area contributed by atoms with Gasteiger partial charge in [-0.05, 0) is 32.9 Å². The first-order valence-corrected chi connectivity index (χ1v) is 4.99. The Morgan fingerprint density at radius 3 is 2.86 bits per heavy atom. The third-order valence-corrected chi connectivity index (χ3v) is 2.34. The zero-order valence-electron chi connectivity index (χ0n) is 9.17. The molecular weight excluding hydrogens is 178 g/mol. The van der Waals surface area contributed by atoms with Crippen molar-refractivity contribution in [3.05, 3.63) is 23.7 Å². The van der Waals surface area contributed by atoms with Gasteiger partial charge < -0.3 is 14.5 Å². The lowest BCUT2D eigenvalue weighted by atomic mass is 10.1. The van der Waals surface area contributed by atoms with E-state index < -0.39 is 0 Å². The second-order valence-electron chi connectivity index (χ2n) is 3.47. The van der Waals surface area contributed by atoms with E-state index in [0.29, 0.717) is 6.04 Å². The van der Waals surface area contributed by atoms with E-state index >= 15 is 0 Å². The molecule has 0 aromatic carbocycles. The average Bonchev–Trinajstić information content (AvgIpc) is 2.60. The van der Waals surface area contributed by atoms with Gasteiger partial charge in [-0.3, -0.25) is 0 Å². The minimum atomic E-state index is 0.377. The molecule has 0 spiro atoms. The van der Waals surface area contributed by atoms with Crippen molar-refractivity contribution >= 4 is 0 Å². The van der Waals surface area contributed by atoms with Crippen LogP contribution in [0, 0.1) is 6.92 Å². The Morgan fingerprint density at radius 1 is 1.57 bits per heavy atom. The van der Waals surface area contributed by atoms with Gasteiger partial charge in [-0.1, -0.05) is 0 Å². The number of hydrogen-bond acceptors (Lipinski definition) is 3. The number of ether oxygens (including phenoxy) is 1. The quantitative estimate of drug-likeness (QED) is 0.710. The van der Waals surface area contributed by atoms with Crippen LogP contribution in [0.15, 0.2) is 16.7 Å². The first-order chi connectivity index (χ1) is 6.77. The molecule has 80 valence electrons. The van der Waals surface area contributed by atoms with Gasteiger partial charge in [0.1, 0.15) is 5.76 Å². The molecular formula is C11H19NO2. The molecule has 1 aromatic heterocycles. The van der Waals surface area contributed by atoms with Crippen LogP contribution in [0.25, 0.3) is 0 Å². The summed E-state index contributed by atoms with van der Waals surface area (Å²) in [5.41, 5.74) is 1.22. The Bertz CT molecular complexity index is 258. The number of methoxy groups -OCH3 is 1. The van der Waals surface area contributed by atoms with Gasteiger partial charge in [-0.15, -0.1) is 0 Å². The fourth-order valence-electron chi connectivity index (χ4n) is 1.56. The summed E-state index contributed by atoms with van der Waals surface area (Å²) in [5.74, 6) is 0.965. The summed E-state index contributed by atoms with van der Waals surface area (Å²) in [6, 6.07) is 2.45. The normalized spacial score (nSPS) is 13.1. The van der Waals surface area contributed by atoms with Gasteiger partial charge >= 0.3 is 0 Å². The number of aryl methyl sites for hydroxylation is 1. The van der Waals surface area contributed by atoms with Crippen molar-refractivity contribution in [2.45, 2.75) is 25.8 Å². The van der Waals surface area contributed by atoms with Crippen molar-refractivity contribution < 1.29 is 9.15 Å². The van der Waals surface area contributed by atoms with E-state index in [2.05, 4.69) is 11.4 Å². The average molecular weight is 197 g/mol. The van der Waals surface area contributed by atoms with E-state index in [-0.39, 0.29) is 0 Å². The number of rotatable bonds is 6. The van der Waals surface area contributed by atoms with Crippen LogP contribution in [0.3, 0.4) is 0 Å². The van der Waals surface area contributed by atoms with Crippen LogP contribution in [-0.4, -0.2) is 20.8 Å². The Kier molecular flexibility index (Phi) is 4.70. The van der Waals surface area contributed by atoms with Gasteiger partial charge in [0.25, 0.3) is 0 Å². The van der Waals surface area contributed by atoms with E-state index in [1.807, 2.05) is 20.2 Å². The molecule has 1 aromatic rings. The maximum absolute atomic E-state index is 5.28. The molecule has 3 heteroatoms. The molecule has 0 aliphatic carbocycles. The molecule has 1 rings (SSSR count). The summed E-state index contributed by atoms with van der Waals surface area (Å²) in [6.07, 6.45) is 3.96. The summed E-state index contributed by atoms with van der Waals surface area (Å²) >= 11 is 0. The maximum Gasteiger partial charge on any atom is 0.101 e. The lowest BCUT2D eigenvalue weighted by Crippen LogP contribution is -2.16. The summed E-state index contributed by atoms with van der Waals surface area (Å²) in [7, 11) is 3.70. The Morgan fingerprint density at radius 2 is 2.36 bits per heavy atom. The third-order valence-electron chi connectivity index (χ3n) is 2.34. The van der Waals surface area contributed by atoms with Crippen LogP contribution >= 0.6 is 0 Å². The molecule has 0 fully saturated rings. The second-order valence-corrected chi connectivity index (χ2v) is 3.47. The van der Waals surface area contributed by atoms with E-state index in [1.54, 1.807) is 7.11 Å². The molecule has 0 saturated carbocycles. The minimum Gasteiger partial charge on any atom is -0.469 e. The fourth-order valence-corrected chi connectivity index (χ4v) is 1.56. The van der Waals surface area contributed by atoms with Crippen LogP contribution in [0.1, 0.15) is 30.2 Å². The van der Waals surface area contributed by atoms with Gasteiger partial charge in [-0.2, -0.15) is 0 Å².